The van der Waals surface area contributed by atoms with E-state index in [1.54, 1.807) is 12.1 Å². The van der Waals surface area contributed by atoms with E-state index >= 15 is 0 Å². The lowest BCUT2D eigenvalue weighted by Crippen LogP contribution is -2.08. The van der Waals surface area contributed by atoms with E-state index in [1.165, 1.54) is 5.56 Å². The maximum Gasteiger partial charge on any atom is 0.338 e. The van der Waals surface area contributed by atoms with Crippen molar-refractivity contribution < 1.29 is 14.6 Å². The zero-order valence-corrected chi connectivity index (χ0v) is 9.77. The highest BCUT2D eigenvalue weighted by Crippen LogP contribution is 2.10. The summed E-state index contributed by atoms with van der Waals surface area (Å²) in [5.41, 5.74) is 1.75. The lowest BCUT2D eigenvalue weighted by Gasteiger charge is -2.06. The van der Waals surface area contributed by atoms with Crippen LogP contribution in [0, 0.1) is 5.92 Å². The molecular formula is C13H18O3. The molecule has 0 spiro atoms. The Balaban J connectivity index is 2.60. The van der Waals surface area contributed by atoms with Gasteiger partial charge in [-0.3, -0.25) is 0 Å². The lowest BCUT2D eigenvalue weighted by atomic mass is 10.0. The average Bonchev–Trinajstić information content (AvgIpc) is 2.26. The number of carbonyl (C=O) groups excluding carboxylic acids is 1. The maximum atomic E-state index is 11.4. The number of esters is 1. The summed E-state index contributed by atoms with van der Waals surface area (Å²) in [6.07, 6.45) is 1.01. The van der Waals surface area contributed by atoms with Crippen molar-refractivity contribution in [3.8, 4) is 0 Å². The monoisotopic (exact) mass is 222 g/mol. The van der Waals surface area contributed by atoms with Gasteiger partial charge in [0.25, 0.3) is 0 Å². The van der Waals surface area contributed by atoms with Crippen LogP contribution in [0.25, 0.3) is 0 Å². The molecule has 3 nitrogen and oxygen atoms in total. The number of hydrogen-bond acceptors (Lipinski definition) is 3. The fourth-order valence-corrected chi connectivity index (χ4v) is 1.47. The Morgan fingerprint density at radius 2 is 1.94 bits per heavy atom. The molecule has 3 heteroatoms. The van der Waals surface area contributed by atoms with Gasteiger partial charge in [-0.15, -0.1) is 0 Å². The Bertz CT molecular complexity index is 328. The zero-order valence-electron chi connectivity index (χ0n) is 9.77. The molecule has 88 valence electrons. The Kier molecular flexibility index (Phi) is 4.99. The van der Waals surface area contributed by atoms with Gasteiger partial charge in [0.2, 0.25) is 0 Å². The number of benzene rings is 1. The predicted octanol–water partition coefficient (Wildman–Crippen LogP) is 2.03. The summed E-state index contributed by atoms with van der Waals surface area (Å²) in [6, 6.07) is 7.40. The van der Waals surface area contributed by atoms with E-state index in [1.807, 2.05) is 12.1 Å². The molecule has 0 atom stereocenters. The van der Waals surface area contributed by atoms with Gasteiger partial charge in [0.05, 0.1) is 12.2 Å². The normalized spacial score (nSPS) is 10.5. The van der Waals surface area contributed by atoms with E-state index in [9.17, 15) is 4.79 Å². The third-order valence-electron chi connectivity index (χ3n) is 2.16. The Labute approximate surface area is 96.1 Å². The van der Waals surface area contributed by atoms with Crippen molar-refractivity contribution in [3.63, 3.8) is 0 Å². The Morgan fingerprint density at radius 1 is 1.31 bits per heavy atom. The molecule has 0 amide bonds. The minimum Gasteiger partial charge on any atom is -0.460 e. The van der Waals surface area contributed by atoms with Crippen LogP contribution in [0.3, 0.4) is 0 Å². The van der Waals surface area contributed by atoms with E-state index in [-0.39, 0.29) is 19.2 Å². The smallest absolute Gasteiger partial charge is 0.338 e. The Hall–Kier alpha value is -1.35. The molecule has 1 aromatic carbocycles. The van der Waals surface area contributed by atoms with Crippen molar-refractivity contribution in [1.82, 2.24) is 0 Å². The summed E-state index contributed by atoms with van der Waals surface area (Å²) in [5, 5.41) is 8.53. The minimum absolute atomic E-state index is 0.0482. The molecular weight excluding hydrogens is 204 g/mol. The molecule has 0 saturated heterocycles. The standard InChI is InChI=1S/C13H18O3/c1-10(2)9-11-3-5-12(6-4-11)13(15)16-8-7-14/h3-6,10,14H,7-9H2,1-2H3. The van der Waals surface area contributed by atoms with E-state index in [0.29, 0.717) is 11.5 Å². The first-order valence-electron chi connectivity index (χ1n) is 5.50. The van der Waals surface area contributed by atoms with E-state index in [0.717, 1.165) is 6.42 Å². The molecule has 0 saturated carbocycles. The first-order valence-corrected chi connectivity index (χ1v) is 5.50. The van der Waals surface area contributed by atoms with Crippen LogP contribution in [-0.4, -0.2) is 24.3 Å². The van der Waals surface area contributed by atoms with Gasteiger partial charge in [-0.25, -0.2) is 4.79 Å². The van der Waals surface area contributed by atoms with Gasteiger partial charge in [-0.1, -0.05) is 26.0 Å². The molecule has 0 unspecified atom stereocenters. The molecule has 16 heavy (non-hydrogen) atoms. The summed E-state index contributed by atoms with van der Waals surface area (Å²) in [6.45, 7) is 4.22. The molecule has 0 aliphatic heterocycles. The molecule has 0 aromatic heterocycles. The van der Waals surface area contributed by atoms with Crippen LogP contribution < -0.4 is 0 Å². The second-order valence-corrected chi connectivity index (χ2v) is 4.15. The largest absolute Gasteiger partial charge is 0.460 e. The molecule has 0 fully saturated rings. The van der Waals surface area contributed by atoms with Gasteiger partial charge in [-0.05, 0) is 30.0 Å². The van der Waals surface area contributed by atoms with Crippen LogP contribution in [-0.2, 0) is 11.2 Å². The van der Waals surface area contributed by atoms with Gasteiger partial charge in [0.15, 0.2) is 0 Å². The maximum absolute atomic E-state index is 11.4. The van der Waals surface area contributed by atoms with Crippen molar-refractivity contribution >= 4 is 5.97 Å². The predicted molar refractivity (Wildman–Crippen MR) is 62.4 cm³/mol. The number of aliphatic hydroxyl groups excluding tert-OH is 1. The SMILES string of the molecule is CC(C)Cc1ccc(C(=O)OCCO)cc1. The van der Waals surface area contributed by atoms with Gasteiger partial charge >= 0.3 is 5.97 Å². The molecule has 0 aliphatic rings. The van der Waals surface area contributed by atoms with Crippen LogP contribution in [0.2, 0.25) is 0 Å². The van der Waals surface area contributed by atoms with Crippen molar-refractivity contribution in [2.75, 3.05) is 13.2 Å². The van der Waals surface area contributed by atoms with Crippen molar-refractivity contribution in [2.24, 2.45) is 5.92 Å². The Morgan fingerprint density at radius 3 is 2.44 bits per heavy atom. The topological polar surface area (TPSA) is 46.5 Å². The fraction of sp³-hybridized carbons (Fsp3) is 0.462. The summed E-state index contributed by atoms with van der Waals surface area (Å²) >= 11 is 0. The third kappa shape index (κ3) is 4.03. The molecule has 0 heterocycles. The highest BCUT2D eigenvalue weighted by atomic mass is 16.5. The average molecular weight is 222 g/mol. The highest BCUT2D eigenvalue weighted by molar-refractivity contribution is 5.89. The summed E-state index contributed by atoms with van der Waals surface area (Å²) in [4.78, 5) is 11.4. The van der Waals surface area contributed by atoms with Crippen molar-refractivity contribution in [1.29, 1.82) is 0 Å². The van der Waals surface area contributed by atoms with Crippen LogP contribution >= 0.6 is 0 Å². The number of rotatable bonds is 5. The fourth-order valence-electron chi connectivity index (χ4n) is 1.47. The second-order valence-electron chi connectivity index (χ2n) is 4.15. The first kappa shape index (κ1) is 12.7. The summed E-state index contributed by atoms with van der Waals surface area (Å²) in [7, 11) is 0. The number of aliphatic hydroxyl groups is 1. The quantitative estimate of drug-likeness (QED) is 0.775. The molecule has 1 N–H and O–H groups in total. The van der Waals surface area contributed by atoms with Gasteiger partial charge in [-0.2, -0.15) is 0 Å². The van der Waals surface area contributed by atoms with Crippen LogP contribution in [0.4, 0.5) is 0 Å². The van der Waals surface area contributed by atoms with Crippen LogP contribution in [0.15, 0.2) is 24.3 Å². The number of ether oxygens (including phenoxy) is 1. The number of carbonyl (C=O) groups is 1. The molecule has 1 aromatic rings. The molecule has 0 aliphatic carbocycles. The van der Waals surface area contributed by atoms with E-state index in [2.05, 4.69) is 13.8 Å². The van der Waals surface area contributed by atoms with Crippen LogP contribution in [0.1, 0.15) is 29.8 Å². The molecule has 0 radical (unpaired) electrons. The minimum atomic E-state index is -0.384. The van der Waals surface area contributed by atoms with Crippen molar-refractivity contribution in [2.45, 2.75) is 20.3 Å². The van der Waals surface area contributed by atoms with Gasteiger partial charge < -0.3 is 9.84 Å². The summed E-state index contributed by atoms with van der Waals surface area (Å²) < 4.78 is 4.81. The summed E-state index contributed by atoms with van der Waals surface area (Å²) in [5.74, 6) is 0.220. The second kappa shape index (κ2) is 6.28. The molecule has 0 bridgehead atoms. The van der Waals surface area contributed by atoms with Crippen LogP contribution in [0.5, 0.6) is 0 Å². The molecule has 1 rings (SSSR count). The highest BCUT2D eigenvalue weighted by Gasteiger charge is 2.06. The first-order chi connectivity index (χ1) is 7.63. The van der Waals surface area contributed by atoms with Gasteiger partial charge in [0.1, 0.15) is 6.61 Å². The number of hydrogen-bond donors (Lipinski definition) is 1. The van der Waals surface area contributed by atoms with Gasteiger partial charge in [0, 0.05) is 0 Å². The third-order valence-corrected chi connectivity index (χ3v) is 2.16. The zero-order chi connectivity index (χ0) is 12.0. The van der Waals surface area contributed by atoms with E-state index < -0.39 is 0 Å². The lowest BCUT2D eigenvalue weighted by molar-refractivity contribution is 0.0434. The van der Waals surface area contributed by atoms with Crippen molar-refractivity contribution in [3.05, 3.63) is 35.4 Å². The van der Waals surface area contributed by atoms with E-state index in [4.69, 9.17) is 9.84 Å².